The molecule has 3 nitrogen and oxygen atoms in total. The van der Waals surface area contributed by atoms with E-state index in [4.69, 9.17) is 4.42 Å². The van der Waals surface area contributed by atoms with Crippen molar-refractivity contribution in [1.82, 2.24) is 9.97 Å². The van der Waals surface area contributed by atoms with Crippen LogP contribution in [0.4, 0.5) is 0 Å². The van der Waals surface area contributed by atoms with Gasteiger partial charge in [0.25, 0.3) is 5.22 Å². The number of fused-ring (bicyclic) bond motifs is 1. The molecule has 62 valence electrons. The van der Waals surface area contributed by atoms with Gasteiger partial charge in [-0.1, -0.05) is 11.8 Å². The molecule has 0 unspecified atom stereocenters. The lowest BCUT2D eigenvalue weighted by molar-refractivity contribution is 0.489. The number of pyridine rings is 1. The number of nitrogens with zero attached hydrogens (tertiary/aromatic N) is 2. The summed E-state index contributed by atoms with van der Waals surface area (Å²) in [6, 6.07) is 1.92. The number of oxazole rings is 1. The van der Waals surface area contributed by atoms with Gasteiger partial charge in [0, 0.05) is 5.69 Å². The average Bonchev–Trinajstić information content (AvgIpc) is 2.46. The van der Waals surface area contributed by atoms with E-state index in [0.717, 1.165) is 16.8 Å². The van der Waals surface area contributed by atoms with E-state index in [2.05, 4.69) is 9.97 Å². The number of aryl methyl sites for hydroxylation is 1. The van der Waals surface area contributed by atoms with E-state index in [9.17, 15) is 0 Å². The van der Waals surface area contributed by atoms with Gasteiger partial charge in [0.2, 0.25) is 0 Å². The molecule has 0 saturated heterocycles. The molecule has 2 rings (SSSR count). The molecule has 0 bridgehead atoms. The van der Waals surface area contributed by atoms with Gasteiger partial charge in [0.1, 0.15) is 5.52 Å². The first-order valence-corrected chi connectivity index (χ1v) is 4.79. The Morgan fingerprint density at radius 1 is 1.50 bits per heavy atom. The molecule has 2 aromatic heterocycles. The molecule has 0 aliphatic heterocycles. The van der Waals surface area contributed by atoms with Crippen LogP contribution in [0, 0.1) is 6.92 Å². The lowest BCUT2D eigenvalue weighted by Gasteiger charge is -1.86. The average molecular weight is 180 g/mol. The van der Waals surface area contributed by atoms with Gasteiger partial charge in [-0.05, 0) is 19.2 Å². The summed E-state index contributed by atoms with van der Waals surface area (Å²) in [5, 5.41) is 0.692. The van der Waals surface area contributed by atoms with Crippen molar-refractivity contribution < 1.29 is 4.42 Å². The Bertz CT molecular complexity index is 410. The molecule has 0 spiro atoms. The second-order valence-corrected chi connectivity index (χ2v) is 3.23. The number of rotatable bonds is 1. The van der Waals surface area contributed by atoms with Crippen LogP contribution in [0.5, 0.6) is 0 Å². The number of hydrogen-bond acceptors (Lipinski definition) is 4. The van der Waals surface area contributed by atoms with Gasteiger partial charge < -0.3 is 4.42 Å². The molecule has 0 radical (unpaired) electrons. The van der Waals surface area contributed by atoms with Crippen LogP contribution in [0.1, 0.15) is 5.69 Å². The normalized spacial score (nSPS) is 10.8. The summed E-state index contributed by atoms with van der Waals surface area (Å²) in [6.45, 7) is 1.94. The molecule has 12 heavy (non-hydrogen) atoms. The number of thioether (sulfide) groups is 1. The predicted molar refractivity (Wildman–Crippen MR) is 48.3 cm³/mol. The molecular weight excluding hydrogens is 172 g/mol. The smallest absolute Gasteiger partial charge is 0.256 e. The molecule has 2 aromatic rings. The van der Waals surface area contributed by atoms with Crippen LogP contribution >= 0.6 is 11.8 Å². The summed E-state index contributed by atoms with van der Waals surface area (Å²) in [5.41, 5.74) is 2.60. The zero-order chi connectivity index (χ0) is 8.55. The first kappa shape index (κ1) is 7.61. The van der Waals surface area contributed by atoms with E-state index in [1.165, 1.54) is 11.8 Å². The third-order valence-corrected chi connectivity index (χ3v) is 2.09. The van der Waals surface area contributed by atoms with Gasteiger partial charge in [0.05, 0.1) is 6.20 Å². The molecule has 0 aromatic carbocycles. The molecule has 0 N–H and O–H groups in total. The fraction of sp³-hybridized carbons (Fsp3) is 0.250. The fourth-order valence-electron chi connectivity index (χ4n) is 1.00. The first-order valence-electron chi connectivity index (χ1n) is 3.57. The highest BCUT2D eigenvalue weighted by molar-refractivity contribution is 7.98. The van der Waals surface area contributed by atoms with Crippen molar-refractivity contribution in [3.8, 4) is 0 Å². The third-order valence-electron chi connectivity index (χ3n) is 1.57. The van der Waals surface area contributed by atoms with Gasteiger partial charge >= 0.3 is 0 Å². The standard InChI is InChI=1S/C8H8N2OS/c1-5-3-6-7(4-9-5)11-8(10-6)12-2/h3-4H,1-2H3. The quantitative estimate of drug-likeness (QED) is 0.631. The summed E-state index contributed by atoms with van der Waals surface area (Å²) in [5.74, 6) is 0. The Balaban J connectivity index is 2.67. The zero-order valence-corrected chi connectivity index (χ0v) is 7.68. The maximum absolute atomic E-state index is 5.36. The Hall–Kier alpha value is -1.03. The van der Waals surface area contributed by atoms with Gasteiger partial charge in [-0.3, -0.25) is 4.98 Å². The van der Waals surface area contributed by atoms with Crippen LogP contribution < -0.4 is 0 Å². The Kier molecular flexibility index (Phi) is 1.77. The summed E-state index contributed by atoms with van der Waals surface area (Å²) < 4.78 is 5.36. The Labute approximate surface area is 74.2 Å². The van der Waals surface area contributed by atoms with Crippen molar-refractivity contribution in [2.24, 2.45) is 0 Å². The minimum atomic E-state index is 0.692. The molecule has 2 heterocycles. The van der Waals surface area contributed by atoms with Crippen molar-refractivity contribution >= 4 is 22.9 Å². The molecule has 0 aliphatic rings. The largest absolute Gasteiger partial charge is 0.430 e. The van der Waals surface area contributed by atoms with Gasteiger partial charge in [-0.2, -0.15) is 0 Å². The summed E-state index contributed by atoms with van der Waals surface area (Å²) in [6.07, 6.45) is 3.64. The molecular formula is C8H8N2OS. The van der Waals surface area contributed by atoms with E-state index in [1.807, 2.05) is 19.2 Å². The second kappa shape index (κ2) is 2.79. The highest BCUT2D eigenvalue weighted by Crippen LogP contribution is 2.20. The van der Waals surface area contributed by atoms with E-state index >= 15 is 0 Å². The molecule has 0 amide bonds. The van der Waals surface area contributed by atoms with Crippen LogP contribution in [-0.2, 0) is 0 Å². The van der Waals surface area contributed by atoms with E-state index in [-0.39, 0.29) is 0 Å². The van der Waals surface area contributed by atoms with Gasteiger partial charge in [0.15, 0.2) is 5.58 Å². The molecule has 0 fully saturated rings. The third kappa shape index (κ3) is 1.18. The molecule has 0 aliphatic carbocycles. The molecule has 0 atom stereocenters. The summed E-state index contributed by atoms with van der Waals surface area (Å²) >= 11 is 1.49. The van der Waals surface area contributed by atoms with Crippen LogP contribution in [-0.4, -0.2) is 16.2 Å². The maximum atomic E-state index is 5.36. The number of aromatic nitrogens is 2. The van der Waals surface area contributed by atoms with Crippen LogP contribution in [0.2, 0.25) is 0 Å². The Morgan fingerprint density at radius 3 is 3.08 bits per heavy atom. The predicted octanol–water partition coefficient (Wildman–Crippen LogP) is 2.25. The lowest BCUT2D eigenvalue weighted by atomic mass is 10.3. The topological polar surface area (TPSA) is 38.9 Å². The summed E-state index contributed by atoms with van der Waals surface area (Å²) in [4.78, 5) is 8.36. The van der Waals surface area contributed by atoms with Crippen molar-refractivity contribution in [1.29, 1.82) is 0 Å². The number of hydrogen-bond donors (Lipinski definition) is 0. The highest BCUT2D eigenvalue weighted by atomic mass is 32.2. The Morgan fingerprint density at radius 2 is 2.33 bits per heavy atom. The second-order valence-electron chi connectivity index (χ2n) is 2.48. The highest BCUT2D eigenvalue weighted by Gasteiger charge is 2.03. The van der Waals surface area contributed by atoms with Crippen LogP contribution in [0.25, 0.3) is 11.1 Å². The van der Waals surface area contributed by atoms with E-state index in [0.29, 0.717) is 5.22 Å². The zero-order valence-electron chi connectivity index (χ0n) is 6.87. The van der Waals surface area contributed by atoms with E-state index < -0.39 is 0 Å². The summed E-state index contributed by atoms with van der Waals surface area (Å²) in [7, 11) is 0. The van der Waals surface area contributed by atoms with Crippen molar-refractivity contribution in [3.05, 3.63) is 18.0 Å². The van der Waals surface area contributed by atoms with Gasteiger partial charge in [-0.25, -0.2) is 4.98 Å². The van der Waals surface area contributed by atoms with Crippen molar-refractivity contribution in [2.45, 2.75) is 12.1 Å². The maximum Gasteiger partial charge on any atom is 0.256 e. The fourth-order valence-corrected chi connectivity index (χ4v) is 1.36. The van der Waals surface area contributed by atoms with Crippen molar-refractivity contribution in [2.75, 3.05) is 6.26 Å². The molecule has 0 saturated carbocycles. The minimum Gasteiger partial charge on any atom is -0.430 e. The van der Waals surface area contributed by atoms with E-state index in [1.54, 1.807) is 6.20 Å². The van der Waals surface area contributed by atoms with Crippen LogP contribution in [0.15, 0.2) is 21.9 Å². The minimum absolute atomic E-state index is 0.692. The van der Waals surface area contributed by atoms with Gasteiger partial charge in [-0.15, -0.1) is 0 Å². The first-order chi connectivity index (χ1) is 5.79. The van der Waals surface area contributed by atoms with Crippen molar-refractivity contribution in [3.63, 3.8) is 0 Å². The van der Waals surface area contributed by atoms with Crippen LogP contribution in [0.3, 0.4) is 0 Å². The lowest BCUT2D eigenvalue weighted by Crippen LogP contribution is -1.77. The SMILES string of the molecule is CSc1nc2cc(C)ncc2o1. The monoisotopic (exact) mass is 180 g/mol. The molecule has 4 heteroatoms.